The largest absolute Gasteiger partial charge is 0.332 e. The summed E-state index contributed by atoms with van der Waals surface area (Å²) in [7, 11) is 0. The Hall–Kier alpha value is -2.80. The highest BCUT2D eigenvalue weighted by Crippen LogP contribution is 2.15. The van der Waals surface area contributed by atoms with Crippen LogP contribution in [0.5, 0.6) is 0 Å². The topological polar surface area (TPSA) is 84.3 Å². The van der Waals surface area contributed by atoms with Crippen LogP contribution in [0.2, 0.25) is 0 Å². The quantitative estimate of drug-likeness (QED) is 0.512. The smallest absolute Gasteiger partial charge is 0.269 e. The highest BCUT2D eigenvalue weighted by atomic mass is 32.1. The normalized spacial score (nSPS) is 10.0. The van der Waals surface area contributed by atoms with Gasteiger partial charge in [0.15, 0.2) is 5.11 Å². The zero-order valence-electron chi connectivity index (χ0n) is 12.6. The summed E-state index contributed by atoms with van der Waals surface area (Å²) in [5, 5.41) is 16.1. The van der Waals surface area contributed by atoms with Crippen LogP contribution < -0.4 is 10.6 Å². The fourth-order valence-corrected chi connectivity index (χ4v) is 2.10. The van der Waals surface area contributed by atoms with Gasteiger partial charge in [-0.1, -0.05) is 6.07 Å². The lowest BCUT2D eigenvalue weighted by Crippen LogP contribution is -2.34. The molecule has 0 aliphatic rings. The van der Waals surface area contributed by atoms with Crippen molar-refractivity contribution in [3.63, 3.8) is 0 Å². The van der Waals surface area contributed by atoms with Crippen molar-refractivity contribution in [1.82, 2.24) is 5.32 Å². The first-order chi connectivity index (χ1) is 10.9. The lowest BCUT2D eigenvalue weighted by molar-refractivity contribution is -0.384. The van der Waals surface area contributed by atoms with Crippen LogP contribution in [0.3, 0.4) is 0 Å². The number of anilines is 1. The number of hydrogen-bond acceptors (Lipinski definition) is 4. The van der Waals surface area contributed by atoms with E-state index in [2.05, 4.69) is 10.6 Å². The Bertz CT molecular complexity index is 773. The number of thiocarbonyl (C=S) groups is 1. The van der Waals surface area contributed by atoms with Gasteiger partial charge in [-0.3, -0.25) is 20.2 Å². The first-order valence-electron chi connectivity index (χ1n) is 6.81. The van der Waals surface area contributed by atoms with Crippen molar-refractivity contribution in [2.24, 2.45) is 0 Å². The van der Waals surface area contributed by atoms with Crippen molar-refractivity contribution in [1.29, 1.82) is 0 Å². The second-order valence-corrected chi connectivity index (χ2v) is 5.42. The summed E-state index contributed by atoms with van der Waals surface area (Å²) < 4.78 is 0. The van der Waals surface area contributed by atoms with Crippen molar-refractivity contribution in [3.8, 4) is 0 Å². The number of hydrogen-bond donors (Lipinski definition) is 2. The molecule has 0 radical (unpaired) electrons. The predicted molar refractivity (Wildman–Crippen MR) is 92.7 cm³/mol. The van der Waals surface area contributed by atoms with Crippen LogP contribution in [0.25, 0.3) is 0 Å². The minimum Gasteiger partial charge on any atom is -0.332 e. The number of rotatable bonds is 3. The maximum absolute atomic E-state index is 12.1. The first kappa shape index (κ1) is 16.6. The average Bonchev–Trinajstić information content (AvgIpc) is 2.50. The number of non-ortho nitro benzene ring substituents is 1. The van der Waals surface area contributed by atoms with E-state index in [4.69, 9.17) is 12.2 Å². The van der Waals surface area contributed by atoms with E-state index in [1.54, 1.807) is 12.1 Å². The molecule has 2 rings (SSSR count). The maximum atomic E-state index is 12.1. The van der Waals surface area contributed by atoms with Crippen LogP contribution >= 0.6 is 12.2 Å². The van der Waals surface area contributed by atoms with Gasteiger partial charge in [0.1, 0.15) is 0 Å². The molecule has 1 amide bonds. The molecule has 0 saturated heterocycles. The molecule has 0 aliphatic carbocycles. The van der Waals surface area contributed by atoms with E-state index in [9.17, 15) is 14.9 Å². The molecule has 0 spiro atoms. The minimum absolute atomic E-state index is 0.0133. The molecule has 0 aliphatic heterocycles. The molecular weight excluding hydrogens is 314 g/mol. The Morgan fingerprint density at radius 2 is 1.74 bits per heavy atom. The van der Waals surface area contributed by atoms with Crippen molar-refractivity contribution >= 4 is 34.6 Å². The number of carbonyl (C=O) groups is 1. The number of nitro groups is 1. The lowest BCUT2D eigenvalue weighted by Gasteiger charge is -2.10. The SMILES string of the molecule is Cc1ccc(C(=O)NC(=S)Nc2ccc([N+](=O)[O-])cc2)cc1C. The molecule has 2 N–H and O–H groups in total. The molecule has 6 nitrogen and oxygen atoms in total. The fourth-order valence-electron chi connectivity index (χ4n) is 1.89. The summed E-state index contributed by atoms with van der Waals surface area (Å²) >= 11 is 5.08. The Labute approximate surface area is 138 Å². The van der Waals surface area contributed by atoms with Crippen molar-refractivity contribution in [3.05, 3.63) is 69.3 Å². The van der Waals surface area contributed by atoms with Gasteiger partial charge in [-0.25, -0.2) is 0 Å². The second kappa shape index (κ2) is 6.97. The van der Waals surface area contributed by atoms with E-state index >= 15 is 0 Å². The second-order valence-electron chi connectivity index (χ2n) is 5.01. The van der Waals surface area contributed by atoms with Gasteiger partial charge in [0.25, 0.3) is 11.6 Å². The Morgan fingerprint density at radius 3 is 2.30 bits per heavy atom. The Kier molecular flexibility index (Phi) is 5.02. The van der Waals surface area contributed by atoms with Gasteiger partial charge in [-0.05, 0) is 61.5 Å². The van der Waals surface area contributed by atoms with E-state index in [0.717, 1.165) is 11.1 Å². The van der Waals surface area contributed by atoms with Gasteiger partial charge in [-0.15, -0.1) is 0 Å². The Morgan fingerprint density at radius 1 is 1.09 bits per heavy atom. The lowest BCUT2D eigenvalue weighted by atomic mass is 10.1. The first-order valence-corrected chi connectivity index (χ1v) is 7.21. The van der Waals surface area contributed by atoms with E-state index in [1.807, 2.05) is 19.9 Å². The van der Waals surface area contributed by atoms with Crippen LogP contribution in [0, 0.1) is 24.0 Å². The Balaban J connectivity index is 1.99. The predicted octanol–water partition coefficient (Wildman–Crippen LogP) is 3.34. The van der Waals surface area contributed by atoms with Gasteiger partial charge < -0.3 is 5.32 Å². The summed E-state index contributed by atoms with van der Waals surface area (Å²) in [6, 6.07) is 11.1. The third-order valence-corrected chi connectivity index (χ3v) is 3.54. The molecule has 0 bridgehead atoms. The summed E-state index contributed by atoms with van der Waals surface area (Å²) in [6.07, 6.45) is 0. The van der Waals surface area contributed by atoms with Gasteiger partial charge in [0.05, 0.1) is 4.92 Å². The molecule has 0 heterocycles. The number of nitro benzene ring substituents is 1. The highest BCUT2D eigenvalue weighted by Gasteiger charge is 2.10. The van der Waals surface area contributed by atoms with E-state index < -0.39 is 4.92 Å². The number of amides is 1. The van der Waals surface area contributed by atoms with Gasteiger partial charge in [0.2, 0.25) is 0 Å². The number of carbonyl (C=O) groups excluding carboxylic acids is 1. The average molecular weight is 329 g/mol. The molecule has 0 atom stereocenters. The van der Waals surface area contributed by atoms with Crippen molar-refractivity contribution in [2.75, 3.05) is 5.32 Å². The molecular formula is C16H15N3O3S. The molecule has 2 aromatic carbocycles. The van der Waals surface area contributed by atoms with E-state index in [-0.39, 0.29) is 16.7 Å². The monoisotopic (exact) mass is 329 g/mol. The number of nitrogens with zero attached hydrogens (tertiary/aromatic N) is 1. The molecule has 23 heavy (non-hydrogen) atoms. The van der Waals surface area contributed by atoms with Crippen LogP contribution in [0.15, 0.2) is 42.5 Å². The fraction of sp³-hybridized carbons (Fsp3) is 0.125. The van der Waals surface area contributed by atoms with Crippen molar-refractivity contribution in [2.45, 2.75) is 13.8 Å². The zero-order valence-corrected chi connectivity index (χ0v) is 13.4. The number of nitrogens with one attached hydrogen (secondary N) is 2. The van der Waals surface area contributed by atoms with Gasteiger partial charge in [0, 0.05) is 23.4 Å². The third kappa shape index (κ3) is 4.33. The standard InChI is InChI=1S/C16H15N3O3S/c1-10-3-4-12(9-11(10)2)15(20)18-16(23)17-13-5-7-14(8-6-13)19(21)22/h3-9H,1-2H3,(H2,17,18,20,23). The molecule has 7 heteroatoms. The van der Waals surface area contributed by atoms with Crippen molar-refractivity contribution < 1.29 is 9.72 Å². The summed E-state index contributed by atoms with van der Waals surface area (Å²) in [4.78, 5) is 22.2. The number of benzene rings is 2. The van der Waals surface area contributed by atoms with Gasteiger partial charge >= 0.3 is 0 Å². The van der Waals surface area contributed by atoms with Crippen LogP contribution in [0.1, 0.15) is 21.5 Å². The molecule has 0 fully saturated rings. The highest BCUT2D eigenvalue weighted by molar-refractivity contribution is 7.80. The van der Waals surface area contributed by atoms with Crippen LogP contribution in [-0.2, 0) is 0 Å². The summed E-state index contributed by atoms with van der Waals surface area (Å²) in [5.74, 6) is -0.312. The molecule has 0 saturated carbocycles. The summed E-state index contributed by atoms with van der Waals surface area (Å²) in [6.45, 7) is 3.90. The molecule has 0 aromatic heterocycles. The van der Waals surface area contributed by atoms with E-state index in [0.29, 0.717) is 11.3 Å². The van der Waals surface area contributed by atoms with Crippen LogP contribution in [0.4, 0.5) is 11.4 Å². The number of aryl methyl sites for hydroxylation is 2. The van der Waals surface area contributed by atoms with Crippen LogP contribution in [-0.4, -0.2) is 15.9 Å². The third-order valence-electron chi connectivity index (χ3n) is 3.33. The summed E-state index contributed by atoms with van der Waals surface area (Å²) in [5.41, 5.74) is 3.18. The maximum Gasteiger partial charge on any atom is 0.269 e. The molecule has 0 unspecified atom stereocenters. The minimum atomic E-state index is -0.483. The van der Waals surface area contributed by atoms with E-state index in [1.165, 1.54) is 24.3 Å². The molecule has 2 aromatic rings. The molecule has 118 valence electrons. The van der Waals surface area contributed by atoms with Gasteiger partial charge in [-0.2, -0.15) is 0 Å². The zero-order chi connectivity index (χ0) is 17.0.